The number of hydrogen-bond acceptors (Lipinski definition) is 3. The van der Waals surface area contributed by atoms with Crippen LogP contribution in [-0.2, 0) is 6.42 Å². The lowest BCUT2D eigenvalue weighted by atomic mass is 10.2. The molecule has 5 heteroatoms. The van der Waals surface area contributed by atoms with Gasteiger partial charge < -0.3 is 10.1 Å². The molecule has 3 nitrogen and oxygen atoms in total. The smallest absolute Gasteiger partial charge is 0.213 e. The average molecular weight is 468 g/mol. The van der Waals surface area contributed by atoms with E-state index >= 15 is 0 Å². The van der Waals surface area contributed by atoms with Gasteiger partial charge in [0.25, 0.3) is 0 Å². The number of likely N-dealkylation sites (N-methyl/N-ethyl adjacent to an activating group) is 1. The Morgan fingerprint density at radius 2 is 1.94 bits per heavy atom. The van der Waals surface area contributed by atoms with E-state index in [1.54, 1.807) is 0 Å². The molecule has 0 fully saturated rings. The number of pyridine rings is 1. The van der Waals surface area contributed by atoms with Crippen LogP contribution in [0.15, 0.2) is 18.3 Å². The Balaban J connectivity index is -0.000000186. The molecule has 104 valence electrons. The Morgan fingerprint density at radius 3 is 2.35 bits per heavy atom. The van der Waals surface area contributed by atoms with Crippen LogP contribution in [0.3, 0.4) is 0 Å². The highest BCUT2D eigenvalue weighted by Crippen LogP contribution is 2.07. The van der Waals surface area contributed by atoms with Crippen LogP contribution in [-0.4, -0.2) is 25.2 Å². The maximum atomic E-state index is 5.37. The van der Waals surface area contributed by atoms with Crippen molar-refractivity contribution in [3.8, 4) is 5.88 Å². The first kappa shape index (κ1) is 22.5. The van der Waals surface area contributed by atoms with E-state index in [0.717, 1.165) is 13.0 Å². The number of hydrogen-bond donors (Lipinski definition) is 1. The molecule has 1 N–H and O–H groups in total. The zero-order valence-electron chi connectivity index (χ0n) is 11.0. The zero-order chi connectivity index (χ0) is 11.5. The van der Waals surface area contributed by atoms with Crippen LogP contribution in [0, 0.1) is 0 Å². The second-order valence-corrected chi connectivity index (χ2v) is 2.81. The van der Waals surface area contributed by atoms with Crippen molar-refractivity contribution < 1.29 is 6.16 Å². The summed E-state index contributed by atoms with van der Waals surface area (Å²) in [5.74, 6) is 0.701. The standard InChI is InChI=1S/C10H16N2O.C2H6.2HI.H2/c1-3-9-4-5-10(12-8-9)13-7-6-11-2;1-2;;;/h4-5,8,11H,3,6-7H2,1-2H3;1-2H3;3*1H. The summed E-state index contributed by atoms with van der Waals surface area (Å²) in [6.45, 7) is 7.62. The summed E-state index contributed by atoms with van der Waals surface area (Å²) in [6.07, 6.45) is 2.87. The van der Waals surface area contributed by atoms with Gasteiger partial charge in [-0.05, 0) is 19.0 Å². The summed E-state index contributed by atoms with van der Waals surface area (Å²) >= 11 is 0. The molecule has 0 aliphatic heterocycles. The molecule has 0 bridgehead atoms. The number of rotatable bonds is 5. The molecule has 1 heterocycles. The van der Waals surface area contributed by atoms with Crippen LogP contribution in [0.5, 0.6) is 5.88 Å². The van der Waals surface area contributed by atoms with Crippen LogP contribution >= 0.6 is 48.0 Å². The van der Waals surface area contributed by atoms with Crippen molar-refractivity contribution in [2.75, 3.05) is 20.2 Å². The highest BCUT2D eigenvalue weighted by atomic mass is 127. The molecule has 1 aromatic rings. The predicted octanol–water partition coefficient (Wildman–Crippen LogP) is 3.75. The van der Waals surface area contributed by atoms with Crippen LogP contribution in [0.4, 0.5) is 0 Å². The fourth-order valence-corrected chi connectivity index (χ4v) is 0.963. The lowest BCUT2D eigenvalue weighted by Gasteiger charge is -2.04. The molecule has 0 saturated carbocycles. The van der Waals surface area contributed by atoms with E-state index in [4.69, 9.17) is 4.74 Å². The number of aromatic nitrogens is 1. The van der Waals surface area contributed by atoms with Crippen molar-refractivity contribution >= 4 is 48.0 Å². The molecule has 0 saturated heterocycles. The predicted molar refractivity (Wildman–Crippen MR) is 97.3 cm³/mol. The number of ether oxygens (including phenoxy) is 1. The van der Waals surface area contributed by atoms with Crippen LogP contribution < -0.4 is 10.1 Å². The second kappa shape index (κ2) is 16.4. The first-order chi connectivity index (χ1) is 7.36. The van der Waals surface area contributed by atoms with Gasteiger partial charge in [-0.3, -0.25) is 0 Å². The largest absolute Gasteiger partial charge is 0.476 e. The number of nitrogens with one attached hydrogen (secondary N) is 1. The Bertz CT molecular complexity index is 248. The molecular weight excluding hydrogens is 442 g/mol. The van der Waals surface area contributed by atoms with E-state index in [1.807, 2.05) is 39.2 Å². The molecule has 0 spiro atoms. The van der Waals surface area contributed by atoms with E-state index in [-0.39, 0.29) is 49.4 Å². The Labute approximate surface area is 141 Å². The molecule has 1 rings (SSSR count). The summed E-state index contributed by atoms with van der Waals surface area (Å²) in [7, 11) is 1.90. The number of nitrogens with zero attached hydrogens (tertiary/aromatic N) is 1. The van der Waals surface area contributed by atoms with Gasteiger partial charge in [0, 0.05) is 20.2 Å². The van der Waals surface area contributed by atoms with Gasteiger partial charge in [0.2, 0.25) is 5.88 Å². The highest BCUT2D eigenvalue weighted by Gasteiger charge is 1.94. The summed E-state index contributed by atoms with van der Waals surface area (Å²) in [5, 5.41) is 3.01. The summed E-state index contributed by atoms with van der Waals surface area (Å²) < 4.78 is 5.37. The summed E-state index contributed by atoms with van der Waals surface area (Å²) in [4.78, 5) is 4.17. The van der Waals surface area contributed by atoms with Gasteiger partial charge in [-0.15, -0.1) is 48.0 Å². The number of aryl methyl sites for hydroxylation is 1. The lowest BCUT2D eigenvalue weighted by molar-refractivity contribution is 0.306. The molecule has 0 aliphatic rings. The molecule has 0 atom stereocenters. The maximum absolute atomic E-state index is 5.37. The van der Waals surface area contributed by atoms with E-state index in [9.17, 15) is 0 Å². The third-order valence-electron chi connectivity index (χ3n) is 1.81. The van der Waals surface area contributed by atoms with Gasteiger partial charge in [-0.2, -0.15) is 0 Å². The molecular formula is C12H26I2N2O. The minimum atomic E-state index is 0. The zero-order valence-corrected chi connectivity index (χ0v) is 15.7. The fourth-order valence-electron chi connectivity index (χ4n) is 0.963. The van der Waals surface area contributed by atoms with Gasteiger partial charge in [0.1, 0.15) is 6.61 Å². The van der Waals surface area contributed by atoms with Crippen LogP contribution in [0.2, 0.25) is 0 Å². The monoisotopic (exact) mass is 468 g/mol. The molecule has 17 heavy (non-hydrogen) atoms. The fraction of sp³-hybridized carbons (Fsp3) is 0.583. The molecule has 0 amide bonds. The van der Waals surface area contributed by atoms with Crippen molar-refractivity contribution in [1.82, 2.24) is 10.3 Å². The summed E-state index contributed by atoms with van der Waals surface area (Å²) in [5.41, 5.74) is 1.24. The summed E-state index contributed by atoms with van der Waals surface area (Å²) in [6, 6.07) is 3.95. The third-order valence-corrected chi connectivity index (χ3v) is 1.81. The molecule has 0 radical (unpaired) electrons. The van der Waals surface area contributed by atoms with Gasteiger partial charge in [0.15, 0.2) is 0 Å². The Kier molecular flexibility index (Phi) is 21.7. The van der Waals surface area contributed by atoms with Crippen molar-refractivity contribution in [1.29, 1.82) is 0 Å². The minimum absolute atomic E-state index is 0. The van der Waals surface area contributed by atoms with Crippen molar-refractivity contribution in [2.45, 2.75) is 27.2 Å². The second-order valence-electron chi connectivity index (χ2n) is 2.81. The van der Waals surface area contributed by atoms with Crippen LogP contribution in [0.1, 0.15) is 27.8 Å². The highest BCUT2D eigenvalue weighted by molar-refractivity contribution is 14.0. The van der Waals surface area contributed by atoms with Crippen molar-refractivity contribution in [3.63, 3.8) is 0 Å². The molecule has 0 aromatic carbocycles. The maximum Gasteiger partial charge on any atom is 0.213 e. The van der Waals surface area contributed by atoms with Gasteiger partial charge in [-0.25, -0.2) is 4.98 Å². The van der Waals surface area contributed by atoms with Crippen molar-refractivity contribution in [2.24, 2.45) is 0 Å². The first-order valence-corrected chi connectivity index (χ1v) is 5.59. The van der Waals surface area contributed by atoms with Gasteiger partial charge in [0.05, 0.1) is 0 Å². The van der Waals surface area contributed by atoms with E-state index in [2.05, 4.69) is 17.2 Å². The minimum Gasteiger partial charge on any atom is -0.476 e. The van der Waals surface area contributed by atoms with Crippen LogP contribution in [0.25, 0.3) is 0 Å². The molecule has 0 aliphatic carbocycles. The Morgan fingerprint density at radius 1 is 1.29 bits per heavy atom. The van der Waals surface area contributed by atoms with Gasteiger partial charge >= 0.3 is 0 Å². The first-order valence-electron chi connectivity index (χ1n) is 5.59. The van der Waals surface area contributed by atoms with Crippen molar-refractivity contribution in [3.05, 3.63) is 23.9 Å². The van der Waals surface area contributed by atoms with E-state index in [0.29, 0.717) is 12.5 Å². The lowest BCUT2D eigenvalue weighted by Crippen LogP contribution is -2.16. The SMILES string of the molecule is CC.CCc1ccc(OCCNC)nc1.I.I.[HH]. The molecule has 1 aromatic heterocycles. The molecule has 0 unspecified atom stereocenters. The quantitative estimate of drug-likeness (QED) is 0.529. The van der Waals surface area contributed by atoms with Gasteiger partial charge in [-0.1, -0.05) is 26.8 Å². The number of halogens is 2. The Hall–Kier alpha value is 0.370. The average Bonchev–Trinajstić information content (AvgIpc) is 2.33. The van der Waals surface area contributed by atoms with E-state index in [1.165, 1.54) is 5.56 Å². The van der Waals surface area contributed by atoms with E-state index < -0.39 is 0 Å². The normalized spacial score (nSPS) is 8.00. The topological polar surface area (TPSA) is 34.1 Å². The third kappa shape index (κ3) is 11.2.